The first-order valence-electron chi connectivity index (χ1n) is 9.70. The average molecular weight is 470 g/mol. The van der Waals surface area contributed by atoms with Crippen LogP contribution < -0.4 is 15.5 Å². The minimum absolute atomic E-state index is 0.217. The normalized spacial score (nSPS) is 10.8. The summed E-state index contributed by atoms with van der Waals surface area (Å²) in [7, 11) is 0. The van der Waals surface area contributed by atoms with Gasteiger partial charge in [0.1, 0.15) is 5.75 Å². The Bertz CT molecular complexity index is 1160. The number of carbonyl (C=O) groups is 2. The third-order valence-corrected chi connectivity index (χ3v) is 5.17. The molecule has 2 amide bonds. The first-order chi connectivity index (χ1) is 15.3. The smallest absolute Gasteiger partial charge is 0.271 e. The molecular formula is C24H21Cl2N3O3. The summed E-state index contributed by atoms with van der Waals surface area (Å²) in [5, 5.41) is 7.54. The Hall–Kier alpha value is -3.35. The number of benzene rings is 3. The van der Waals surface area contributed by atoms with Gasteiger partial charge in [-0.1, -0.05) is 47.0 Å². The second-order valence-corrected chi connectivity index (χ2v) is 7.87. The maximum atomic E-state index is 12.1. The number of nitrogens with zero attached hydrogens (tertiary/aromatic N) is 1. The number of rotatable bonds is 7. The first-order valence-corrected chi connectivity index (χ1v) is 10.5. The lowest BCUT2D eigenvalue weighted by atomic mass is 10.1. The number of halogens is 2. The molecule has 3 rings (SSSR count). The zero-order valence-corrected chi connectivity index (χ0v) is 19.0. The van der Waals surface area contributed by atoms with Gasteiger partial charge in [0.05, 0.1) is 11.2 Å². The van der Waals surface area contributed by atoms with Gasteiger partial charge < -0.3 is 10.1 Å². The molecule has 0 fully saturated rings. The highest BCUT2D eigenvalue weighted by Gasteiger charge is 2.08. The highest BCUT2D eigenvalue weighted by molar-refractivity contribution is 6.32. The van der Waals surface area contributed by atoms with E-state index in [1.54, 1.807) is 42.5 Å². The number of anilines is 1. The Kier molecular flexibility index (Phi) is 7.87. The third kappa shape index (κ3) is 6.57. The van der Waals surface area contributed by atoms with E-state index in [0.717, 1.165) is 11.1 Å². The van der Waals surface area contributed by atoms with Gasteiger partial charge in [0.15, 0.2) is 6.61 Å². The van der Waals surface area contributed by atoms with Crippen LogP contribution in [0.15, 0.2) is 65.8 Å². The van der Waals surface area contributed by atoms with E-state index in [-0.39, 0.29) is 18.4 Å². The number of hydrogen-bond donors (Lipinski definition) is 2. The molecule has 3 aromatic rings. The van der Waals surface area contributed by atoms with E-state index < -0.39 is 0 Å². The van der Waals surface area contributed by atoms with Gasteiger partial charge in [-0.3, -0.25) is 9.59 Å². The van der Waals surface area contributed by atoms with Crippen LogP contribution >= 0.6 is 23.2 Å². The lowest BCUT2D eigenvalue weighted by Crippen LogP contribution is -2.20. The van der Waals surface area contributed by atoms with Gasteiger partial charge in [0.2, 0.25) is 0 Å². The van der Waals surface area contributed by atoms with Crippen molar-refractivity contribution in [3.8, 4) is 5.75 Å². The summed E-state index contributed by atoms with van der Waals surface area (Å²) in [6.07, 6.45) is 1.47. The zero-order chi connectivity index (χ0) is 23.1. The molecule has 0 saturated carbocycles. The summed E-state index contributed by atoms with van der Waals surface area (Å²) >= 11 is 12.3. The van der Waals surface area contributed by atoms with Gasteiger partial charge in [-0.25, -0.2) is 5.43 Å². The molecule has 0 unspecified atom stereocenters. The summed E-state index contributed by atoms with van der Waals surface area (Å²) < 4.78 is 5.50. The monoisotopic (exact) mass is 469 g/mol. The zero-order valence-electron chi connectivity index (χ0n) is 17.5. The quantitative estimate of drug-likeness (QED) is 0.359. The van der Waals surface area contributed by atoms with E-state index in [9.17, 15) is 9.59 Å². The van der Waals surface area contributed by atoms with Crippen LogP contribution in [0.3, 0.4) is 0 Å². The lowest BCUT2D eigenvalue weighted by Gasteiger charge is -2.10. The van der Waals surface area contributed by atoms with Gasteiger partial charge in [0, 0.05) is 16.3 Å². The van der Waals surface area contributed by atoms with Crippen molar-refractivity contribution in [3.63, 3.8) is 0 Å². The van der Waals surface area contributed by atoms with E-state index in [1.165, 1.54) is 6.21 Å². The van der Waals surface area contributed by atoms with Crippen molar-refractivity contribution >= 4 is 46.9 Å². The van der Waals surface area contributed by atoms with Crippen molar-refractivity contribution in [1.29, 1.82) is 0 Å². The summed E-state index contributed by atoms with van der Waals surface area (Å²) in [5.74, 6) is -0.303. The van der Waals surface area contributed by atoms with Crippen molar-refractivity contribution in [2.45, 2.75) is 13.8 Å². The number of ether oxygens (including phenoxy) is 1. The second kappa shape index (κ2) is 10.8. The molecule has 0 aliphatic rings. The van der Waals surface area contributed by atoms with Crippen LogP contribution in [0.25, 0.3) is 0 Å². The van der Waals surface area contributed by atoms with Crippen molar-refractivity contribution in [1.82, 2.24) is 5.43 Å². The highest BCUT2D eigenvalue weighted by Crippen LogP contribution is 2.25. The maximum Gasteiger partial charge on any atom is 0.271 e. The van der Waals surface area contributed by atoms with Crippen molar-refractivity contribution < 1.29 is 14.3 Å². The molecule has 0 heterocycles. The van der Waals surface area contributed by atoms with E-state index in [1.807, 2.05) is 32.0 Å². The number of nitrogens with one attached hydrogen (secondary N) is 2. The van der Waals surface area contributed by atoms with Gasteiger partial charge in [-0.2, -0.15) is 5.10 Å². The molecule has 6 nitrogen and oxygen atoms in total. The largest absolute Gasteiger partial charge is 0.482 e. The van der Waals surface area contributed by atoms with Crippen LogP contribution in [0, 0.1) is 13.8 Å². The highest BCUT2D eigenvalue weighted by atomic mass is 35.5. The van der Waals surface area contributed by atoms with Crippen molar-refractivity contribution in [2.75, 3.05) is 11.9 Å². The summed E-state index contributed by atoms with van der Waals surface area (Å²) in [6, 6.07) is 17.4. The van der Waals surface area contributed by atoms with Gasteiger partial charge in [-0.15, -0.1) is 0 Å². The Labute approximate surface area is 196 Å². The van der Waals surface area contributed by atoms with E-state index >= 15 is 0 Å². The van der Waals surface area contributed by atoms with Crippen molar-refractivity contribution in [3.05, 3.63) is 93.0 Å². The number of carbonyl (C=O) groups excluding carboxylic acids is 2. The van der Waals surface area contributed by atoms with Crippen LogP contribution in [0.2, 0.25) is 10.0 Å². The standard InChI is InChI=1S/C24H21Cl2N3O3/c1-15-3-7-18(8-4-15)24(31)29-27-13-17-6-10-22(21(26)11-17)32-14-23(30)28-19-9-5-16(2)20(25)12-19/h3-13H,14H2,1-2H3,(H,28,30)(H,29,31)/b27-13+. The molecule has 3 aromatic carbocycles. The van der Waals surface area contributed by atoms with Crippen LogP contribution in [0.4, 0.5) is 5.69 Å². The number of hydrogen-bond acceptors (Lipinski definition) is 4. The Morgan fingerprint density at radius 1 is 0.969 bits per heavy atom. The molecule has 8 heteroatoms. The molecule has 0 aromatic heterocycles. The fraction of sp³-hybridized carbons (Fsp3) is 0.125. The number of amides is 2. The van der Waals surface area contributed by atoms with Gasteiger partial charge in [0.25, 0.3) is 11.8 Å². The van der Waals surface area contributed by atoms with Crippen LogP contribution in [-0.2, 0) is 4.79 Å². The molecule has 0 spiro atoms. The fourth-order valence-electron chi connectivity index (χ4n) is 2.66. The maximum absolute atomic E-state index is 12.1. The topological polar surface area (TPSA) is 79.8 Å². The van der Waals surface area contributed by atoms with Crippen LogP contribution in [0.1, 0.15) is 27.0 Å². The van der Waals surface area contributed by atoms with E-state index in [4.69, 9.17) is 27.9 Å². The minimum atomic E-state index is -0.342. The molecule has 0 radical (unpaired) electrons. The summed E-state index contributed by atoms with van der Waals surface area (Å²) in [6.45, 7) is 3.61. The van der Waals surface area contributed by atoms with Crippen molar-refractivity contribution in [2.24, 2.45) is 5.10 Å². The third-order valence-electron chi connectivity index (χ3n) is 4.46. The molecule has 164 valence electrons. The molecule has 0 saturated heterocycles. The van der Waals surface area contributed by atoms with Gasteiger partial charge in [-0.05, 0) is 67.4 Å². The van der Waals surface area contributed by atoms with Gasteiger partial charge >= 0.3 is 0 Å². The second-order valence-electron chi connectivity index (χ2n) is 7.06. The Morgan fingerprint density at radius 2 is 1.72 bits per heavy atom. The molecule has 0 aliphatic heterocycles. The number of hydrazone groups is 1. The predicted molar refractivity (Wildman–Crippen MR) is 128 cm³/mol. The Morgan fingerprint density at radius 3 is 2.41 bits per heavy atom. The SMILES string of the molecule is Cc1ccc(C(=O)N/N=C/c2ccc(OCC(=O)Nc3ccc(C)c(Cl)c3)c(Cl)c2)cc1. The number of aryl methyl sites for hydroxylation is 2. The average Bonchev–Trinajstić information content (AvgIpc) is 2.76. The van der Waals surface area contributed by atoms with Crippen LogP contribution in [-0.4, -0.2) is 24.6 Å². The molecule has 0 aliphatic carbocycles. The molecule has 2 N–H and O–H groups in total. The molecular weight excluding hydrogens is 449 g/mol. The molecule has 0 bridgehead atoms. The van der Waals surface area contributed by atoms with Crippen LogP contribution in [0.5, 0.6) is 5.75 Å². The molecule has 32 heavy (non-hydrogen) atoms. The fourth-order valence-corrected chi connectivity index (χ4v) is 3.08. The Balaban J connectivity index is 1.52. The predicted octanol–water partition coefficient (Wildman–Crippen LogP) is 5.39. The van der Waals surface area contributed by atoms with E-state index in [2.05, 4.69) is 15.8 Å². The lowest BCUT2D eigenvalue weighted by molar-refractivity contribution is -0.118. The first kappa shape index (κ1) is 23.3. The summed E-state index contributed by atoms with van der Waals surface area (Å²) in [5.41, 5.74) is 6.21. The van der Waals surface area contributed by atoms with E-state index in [0.29, 0.717) is 32.6 Å². The minimum Gasteiger partial charge on any atom is -0.482 e. The molecule has 0 atom stereocenters. The summed E-state index contributed by atoms with van der Waals surface area (Å²) in [4.78, 5) is 24.2.